The first-order valence-electron chi connectivity index (χ1n) is 11.3. The van der Waals surface area contributed by atoms with Crippen molar-refractivity contribution in [3.63, 3.8) is 0 Å². The number of alkyl halides is 1. The van der Waals surface area contributed by atoms with Crippen molar-refractivity contribution in [2.75, 3.05) is 5.88 Å². The fraction of sp³-hybridized carbons (Fsp3) is 0.308. The molecule has 1 heterocycles. The predicted octanol–water partition coefficient (Wildman–Crippen LogP) is 5.71. The monoisotopic (exact) mass is 550 g/mol. The van der Waals surface area contributed by atoms with Crippen LogP contribution in [0, 0.1) is 17.7 Å². The normalized spacial score (nSPS) is 20.1. The number of carbonyl (C=O) groups is 4. The van der Waals surface area contributed by atoms with Crippen LogP contribution in [0.2, 0.25) is 10.0 Å². The molecule has 1 aliphatic heterocycles. The summed E-state index contributed by atoms with van der Waals surface area (Å²) < 4.78 is 13.5. The number of rotatable bonds is 7. The van der Waals surface area contributed by atoms with Crippen LogP contribution in [0.15, 0.2) is 54.1 Å². The van der Waals surface area contributed by atoms with Crippen LogP contribution in [-0.2, 0) is 9.59 Å². The lowest BCUT2D eigenvalue weighted by atomic mass is 9.82. The van der Waals surface area contributed by atoms with Crippen LogP contribution in [0.1, 0.15) is 46.9 Å². The lowest BCUT2D eigenvalue weighted by Gasteiger charge is -2.36. The van der Waals surface area contributed by atoms with Crippen molar-refractivity contribution < 1.29 is 23.6 Å². The number of hydrogen-bond acceptors (Lipinski definition) is 4. The van der Waals surface area contributed by atoms with Gasteiger partial charge in [-0.1, -0.05) is 34.9 Å². The first-order chi connectivity index (χ1) is 17.1. The molecule has 0 saturated carbocycles. The SMILES string of the molecule is CC1=CC[C@@H]2C(=O)N(N(C(=O)c3ccc(Cl)cc3Cl)[C@H](CCCl)C(=O)c3ccc(F)cc3)C(=O)[C@@H]2C1. The molecule has 4 rings (SSSR count). The van der Waals surface area contributed by atoms with Gasteiger partial charge in [0.2, 0.25) is 0 Å². The number of hydrazine groups is 1. The van der Waals surface area contributed by atoms with Gasteiger partial charge < -0.3 is 0 Å². The Kier molecular flexibility index (Phi) is 7.83. The van der Waals surface area contributed by atoms with Crippen molar-refractivity contribution in [2.24, 2.45) is 11.8 Å². The number of amides is 3. The summed E-state index contributed by atoms with van der Waals surface area (Å²) in [5.74, 6) is -4.45. The zero-order chi connectivity index (χ0) is 26.1. The number of hydrogen-bond donors (Lipinski definition) is 0. The average Bonchev–Trinajstić information content (AvgIpc) is 3.08. The minimum absolute atomic E-state index is 0.00891. The fourth-order valence-electron chi connectivity index (χ4n) is 4.66. The minimum Gasteiger partial charge on any atom is -0.292 e. The topological polar surface area (TPSA) is 74.8 Å². The minimum atomic E-state index is -1.32. The van der Waals surface area contributed by atoms with Crippen molar-refractivity contribution in [1.29, 1.82) is 0 Å². The molecule has 0 aromatic heterocycles. The van der Waals surface area contributed by atoms with E-state index in [1.807, 2.05) is 13.0 Å². The number of halogens is 4. The molecule has 1 fully saturated rings. The summed E-state index contributed by atoms with van der Waals surface area (Å²) in [6.07, 6.45) is 2.56. The Morgan fingerprint density at radius 1 is 1.08 bits per heavy atom. The molecule has 0 unspecified atom stereocenters. The van der Waals surface area contributed by atoms with E-state index in [1.165, 1.54) is 30.3 Å². The Labute approximate surface area is 222 Å². The van der Waals surface area contributed by atoms with Gasteiger partial charge in [-0.15, -0.1) is 11.6 Å². The van der Waals surface area contributed by atoms with E-state index in [0.29, 0.717) is 12.8 Å². The first kappa shape index (κ1) is 26.3. The van der Waals surface area contributed by atoms with Crippen LogP contribution in [0.3, 0.4) is 0 Å². The largest absolute Gasteiger partial charge is 0.292 e. The quantitative estimate of drug-likeness (QED) is 0.191. The van der Waals surface area contributed by atoms with Crippen molar-refractivity contribution in [3.05, 3.63) is 81.1 Å². The van der Waals surface area contributed by atoms with Gasteiger partial charge in [-0.2, -0.15) is 5.01 Å². The summed E-state index contributed by atoms with van der Waals surface area (Å²) in [6.45, 7) is 1.88. The molecule has 0 bridgehead atoms. The smallest absolute Gasteiger partial charge is 0.275 e. The molecule has 1 saturated heterocycles. The maximum Gasteiger partial charge on any atom is 0.275 e. The van der Waals surface area contributed by atoms with Crippen LogP contribution in [0.4, 0.5) is 4.39 Å². The Bertz CT molecular complexity index is 1260. The van der Waals surface area contributed by atoms with E-state index in [0.717, 1.165) is 27.7 Å². The second-order valence-electron chi connectivity index (χ2n) is 8.83. The zero-order valence-corrected chi connectivity index (χ0v) is 21.5. The molecule has 2 aliphatic rings. The second kappa shape index (κ2) is 10.7. The third-order valence-electron chi connectivity index (χ3n) is 6.49. The van der Waals surface area contributed by atoms with Crippen LogP contribution in [0.25, 0.3) is 0 Å². The Balaban J connectivity index is 1.83. The van der Waals surface area contributed by atoms with Crippen molar-refractivity contribution >= 4 is 58.3 Å². The molecule has 2 aromatic carbocycles. The molecule has 36 heavy (non-hydrogen) atoms. The van der Waals surface area contributed by atoms with Gasteiger partial charge in [-0.25, -0.2) is 9.40 Å². The maximum absolute atomic E-state index is 13.9. The summed E-state index contributed by atoms with van der Waals surface area (Å²) in [6, 6.07) is 7.61. The van der Waals surface area contributed by atoms with Crippen LogP contribution in [0.5, 0.6) is 0 Å². The maximum atomic E-state index is 13.9. The molecule has 3 amide bonds. The molecular weight excluding hydrogens is 530 g/mol. The fourth-order valence-corrected chi connectivity index (χ4v) is 5.36. The predicted molar refractivity (Wildman–Crippen MR) is 134 cm³/mol. The molecule has 188 valence electrons. The second-order valence-corrected chi connectivity index (χ2v) is 10.1. The number of carbonyl (C=O) groups excluding carboxylic acids is 4. The molecule has 2 aromatic rings. The first-order valence-corrected chi connectivity index (χ1v) is 12.6. The molecule has 3 atom stereocenters. The van der Waals surface area contributed by atoms with E-state index < -0.39 is 47.2 Å². The molecule has 0 N–H and O–H groups in total. The van der Waals surface area contributed by atoms with Gasteiger partial charge in [0.15, 0.2) is 5.78 Å². The van der Waals surface area contributed by atoms with E-state index in [-0.39, 0.29) is 33.5 Å². The number of imide groups is 1. The third-order valence-corrected chi connectivity index (χ3v) is 7.26. The molecule has 0 spiro atoms. The molecule has 10 heteroatoms. The summed E-state index contributed by atoms with van der Waals surface area (Å²) >= 11 is 18.3. The summed E-state index contributed by atoms with van der Waals surface area (Å²) in [5, 5.41) is 1.93. The van der Waals surface area contributed by atoms with Gasteiger partial charge in [-0.3, -0.25) is 19.2 Å². The third kappa shape index (κ3) is 4.92. The van der Waals surface area contributed by atoms with E-state index >= 15 is 0 Å². The van der Waals surface area contributed by atoms with E-state index in [2.05, 4.69) is 0 Å². The molecule has 6 nitrogen and oxygen atoms in total. The van der Waals surface area contributed by atoms with Gasteiger partial charge in [0, 0.05) is 16.5 Å². The van der Waals surface area contributed by atoms with Crippen LogP contribution in [-0.4, -0.2) is 45.4 Å². The highest BCUT2D eigenvalue weighted by Gasteiger charge is 2.53. The summed E-state index contributed by atoms with van der Waals surface area (Å²) in [4.78, 5) is 54.6. The Morgan fingerprint density at radius 3 is 2.39 bits per heavy atom. The molecular formula is C26H22Cl3FN2O4. The van der Waals surface area contributed by atoms with Crippen molar-refractivity contribution in [1.82, 2.24) is 10.0 Å². The number of allylic oxidation sites excluding steroid dienone is 2. The number of benzene rings is 2. The highest BCUT2D eigenvalue weighted by Crippen LogP contribution is 2.40. The number of fused-ring (bicyclic) bond motifs is 1. The number of Topliss-reactive ketones (excluding diaryl/α,β-unsaturated/α-hetero) is 1. The van der Waals surface area contributed by atoms with Crippen molar-refractivity contribution in [2.45, 2.75) is 32.2 Å². The standard InChI is InChI=1S/C26H22Cl3FN2O4/c1-14-2-8-18-20(12-14)26(36)32(24(18)34)31(25(35)19-9-5-16(28)13-21(19)29)22(10-11-27)23(33)15-3-6-17(30)7-4-15/h2-7,9,13,18,20,22H,8,10-12H2,1H3/t18-,20+,22+/m0/s1. The van der Waals surface area contributed by atoms with E-state index in [4.69, 9.17) is 34.8 Å². The van der Waals surface area contributed by atoms with Gasteiger partial charge in [0.1, 0.15) is 11.9 Å². The molecule has 1 aliphatic carbocycles. The zero-order valence-electron chi connectivity index (χ0n) is 19.2. The van der Waals surface area contributed by atoms with E-state index in [1.54, 1.807) is 0 Å². The Hall–Kier alpha value is -2.74. The van der Waals surface area contributed by atoms with Gasteiger partial charge in [0.25, 0.3) is 17.7 Å². The van der Waals surface area contributed by atoms with Gasteiger partial charge in [0.05, 0.1) is 22.4 Å². The van der Waals surface area contributed by atoms with Gasteiger partial charge in [-0.05, 0) is 68.7 Å². The Morgan fingerprint density at radius 2 is 1.75 bits per heavy atom. The molecule has 0 radical (unpaired) electrons. The van der Waals surface area contributed by atoms with Crippen LogP contribution >= 0.6 is 34.8 Å². The highest BCUT2D eigenvalue weighted by molar-refractivity contribution is 6.36. The van der Waals surface area contributed by atoms with Gasteiger partial charge >= 0.3 is 0 Å². The lowest BCUT2D eigenvalue weighted by molar-refractivity contribution is -0.156. The lowest BCUT2D eigenvalue weighted by Crippen LogP contribution is -2.57. The summed E-state index contributed by atoms with van der Waals surface area (Å²) in [7, 11) is 0. The summed E-state index contributed by atoms with van der Waals surface area (Å²) in [5.41, 5.74) is 1.02. The van der Waals surface area contributed by atoms with E-state index in [9.17, 15) is 23.6 Å². The number of nitrogens with zero attached hydrogens (tertiary/aromatic N) is 2. The number of ketones is 1. The highest BCUT2D eigenvalue weighted by atomic mass is 35.5. The van der Waals surface area contributed by atoms with Crippen molar-refractivity contribution in [3.8, 4) is 0 Å². The average molecular weight is 552 g/mol. The van der Waals surface area contributed by atoms with Crippen LogP contribution < -0.4 is 0 Å².